The Hall–Kier alpha value is -0.450. The molecule has 0 aliphatic heterocycles. The largest absolute Gasteiger partial charge is 0.393 e. The van der Waals surface area contributed by atoms with E-state index in [2.05, 4.69) is 15.9 Å². The van der Waals surface area contributed by atoms with Crippen LogP contribution in [0.2, 0.25) is 0 Å². The van der Waals surface area contributed by atoms with Gasteiger partial charge in [-0.3, -0.25) is 0 Å². The molecule has 2 rings (SSSR count). The molecule has 1 aliphatic rings. The third kappa shape index (κ3) is 1.58. The monoisotopic (exact) mass is 259 g/mol. The zero-order valence-corrected chi connectivity index (χ0v) is 9.09. The topological polar surface area (TPSA) is 46.2 Å². The summed E-state index contributed by atoms with van der Waals surface area (Å²) in [5.74, 6) is -0.311. The van der Waals surface area contributed by atoms with E-state index in [0.29, 0.717) is 22.9 Å². The third-order valence-electron chi connectivity index (χ3n) is 2.67. The molecule has 0 bridgehead atoms. The molecule has 0 radical (unpaired) electrons. The summed E-state index contributed by atoms with van der Waals surface area (Å²) in [4.78, 5) is 0. The van der Waals surface area contributed by atoms with Gasteiger partial charge in [0.25, 0.3) is 0 Å². The third-order valence-corrected chi connectivity index (χ3v) is 3.16. The molecule has 76 valence electrons. The van der Waals surface area contributed by atoms with Crippen molar-refractivity contribution in [3.63, 3.8) is 0 Å². The molecule has 1 fully saturated rings. The van der Waals surface area contributed by atoms with E-state index in [0.717, 1.165) is 0 Å². The van der Waals surface area contributed by atoms with Crippen molar-refractivity contribution in [2.45, 2.75) is 24.5 Å². The molecule has 0 heterocycles. The smallest absolute Gasteiger partial charge is 0.129 e. The van der Waals surface area contributed by atoms with E-state index < -0.39 is 5.54 Å². The Balaban J connectivity index is 2.33. The SMILES string of the molecule is NC1(c2ccc(Br)cc2F)CC(O)C1. The first-order valence-corrected chi connectivity index (χ1v) is 5.23. The molecule has 0 amide bonds. The second-order valence-electron chi connectivity index (χ2n) is 3.84. The van der Waals surface area contributed by atoms with E-state index in [1.165, 1.54) is 6.07 Å². The second kappa shape index (κ2) is 3.29. The van der Waals surface area contributed by atoms with Gasteiger partial charge in [0.1, 0.15) is 5.82 Å². The van der Waals surface area contributed by atoms with Crippen LogP contribution in [-0.2, 0) is 5.54 Å². The summed E-state index contributed by atoms with van der Waals surface area (Å²) in [6.45, 7) is 0. The highest BCUT2D eigenvalue weighted by Crippen LogP contribution is 2.40. The Bertz CT molecular complexity index is 363. The maximum absolute atomic E-state index is 13.5. The van der Waals surface area contributed by atoms with Crippen LogP contribution >= 0.6 is 15.9 Å². The lowest BCUT2D eigenvalue weighted by Crippen LogP contribution is -2.52. The van der Waals surface area contributed by atoms with Crippen molar-refractivity contribution in [1.29, 1.82) is 0 Å². The van der Waals surface area contributed by atoms with Crippen LogP contribution in [0.5, 0.6) is 0 Å². The standard InChI is InChI=1S/C10H11BrFNO/c11-6-1-2-8(9(12)3-6)10(13)4-7(14)5-10/h1-3,7,14H,4-5,13H2. The molecule has 0 atom stereocenters. The quantitative estimate of drug-likeness (QED) is 0.810. The van der Waals surface area contributed by atoms with Crippen LogP contribution in [0.4, 0.5) is 4.39 Å². The van der Waals surface area contributed by atoms with Gasteiger partial charge in [-0.15, -0.1) is 0 Å². The van der Waals surface area contributed by atoms with Gasteiger partial charge in [-0.05, 0) is 25.0 Å². The maximum atomic E-state index is 13.5. The zero-order chi connectivity index (χ0) is 10.3. The van der Waals surface area contributed by atoms with Crippen molar-refractivity contribution >= 4 is 15.9 Å². The normalized spacial score (nSPS) is 31.3. The van der Waals surface area contributed by atoms with Crippen molar-refractivity contribution in [3.8, 4) is 0 Å². The number of halogens is 2. The summed E-state index contributed by atoms with van der Waals surface area (Å²) in [5.41, 5.74) is 5.77. The maximum Gasteiger partial charge on any atom is 0.129 e. The van der Waals surface area contributed by atoms with Crippen LogP contribution in [0.15, 0.2) is 22.7 Å². The highest BCUT2D eigenvalue weighted by atomic mass is 79.9. The number of nitrogens with two attached hydrogens (primary N) is 1. The van der Waals surface area contributed by atoms with Crippen LogP contribution < -0.4 is 5.73 Å². The molecule has 4 heteroatoms. The fraction of sp³-hybridized carbons (Fsp3) is 0.400. The lowest BCUT2D eigenvalue weighted by atomic mass is 9.70. The van der Waals surface area contributed by atoms with E-state index in [1.807, 2.05) is 0 Å². The molecule has 1 aromatic carbocycles. The first-order valence-electron chi connectivity index (χ1n) is 4.44. The van der Waals surface area contributed by atoms with E-state index in [-0.39, 0.29) is 11.9 Å². The van der Waals surface area contributed by atoms with E-state index in [1.54, 1.807) is 12.1 Å². The van der Waals surface area contributed by atoms with Crippen molar-refractivity contribution in [1.82, 2.24) is 0 Å². The number of hydrogen-bond acceptors (Lipinski definition) is 2. The molecule has 0 unspecified atom stereocenters. The zero-order valence-electron chi connectivity index (χ0n) is 7.50. The molecule has 1 saturated carbocycles. The van der Waals surface area contributed by atoms with Gasteiger partial charge in [-0.2, -0.15) is 0 Å². The minimum absolute atomic E-state index is 0.311. The van der Waals surface area contributed by atoms with Crippen LogP contribution in [0.3, 0.4) is 0 Å². The molecule has 1 aromatic rings. The average Bonchev–Trinajstić information content (AvgIpc) is 2.00. The van der Waals surface area contributed by atoms with Gasteiger partial charge in [-0.25, -0.2) is 4.39 Å². The lowest BCUT2D eigenvalue weighted by molar-refractivity contribution is 0.0193. The van der Waals surface area contributed by atoms with Gasteiger partial charge < -0.3 is 10.8 Å². The minimum atomic E-state index is -0.676. The van der Waals surface area contributed by atoms with Gasteiger partial charge in [0, 0.05) is 15.6 Å². The Kier molecular flexibility index (Phi) is 2.37. The van der Waals surface area contributed by atoms with Gasteiger partial charge in [0.15, 0.2) is 0 Å². The number of hydrogen-bond donors (Lipinski definition) is 2. The van der Waals surface area contributed by atoms with Crippen LogP contribution in [-0.4, -0.2) is 11.2 Å². The van der Waals surface area contributed by atoms with Crippen LogP contribution in [0, 0.1) is 5.82 Å². The van der Waals surface area contributed by atoms with Crippen molar-refractivity contribution in [3.05, 3.63) is 34.1 Å². The predicted molar refractivity (Wildman–Crippen MR) is 55.2 cm³/mol. The van der Waals surface area contributed by atoms with Gasteiger partial charge in [0.05, 0.1) is 6.10 Å². The average molecular weight is 260 g/mol. The number of benzene rings is 1. The first kappa shape index (κ1) is 10.1. The summed E-state index contributed by atoms with van der Waals surface area (Å²) in [6.07, 6.45) is 0.486. The Labute approximate surface area is 90.1 Å². The number of aliphatic hydroxyl groups excluding tert-OH is 1. The van der Waals surface area contributed by atoms with Crippen molar-refractivity contribution in [2.24, 2.45) is 5.73 Å². The minimum Gasteiger partial charge on any atom is -0.393 e. The summed E-state index contributed by atoms with van der Waals surface area (Å²) < 4.78 is 14.2. The molecule has 2 nitrogen and oxygen atoms in total. The second-order valence-corrected chi connectivity index (χ2v) is 4.76. The highest BCUT2D eigenvalue weighted by molar-refractivity contribution is 9.10. The predicted octanol–water partition coefficient (Wildman–Crippen LogP) is 1.90. The van der Waals surface area contributed by atoms with E-state index >= 15 is 0 Å². The number of aliphatic hydroxyl groups is 1. The Morgan fingerprint density at radius 2 is 2.14 bits per heavy atom. The number of rotatable bonds is 1. The van der Waals surface area contributed by atoms with Gasteiger partial charge in [0.2, 0.25) is 0 Å². The molecule has 0 spiro atoms. The molecule has 14 heavy (non-hydrogen) atoms. The lowest BCUT2D eigenvalue weighted by Gasteiger charge is -2.42. The Morgan fingerprint density at radius 1 is 1.50 bits per heavy atom. The van der Waals surface area contributed by atoms with Gasteiger partial charge in [-0.1, -0.05) is 22.0 Å². The van der Waals surface area contributed by atoms with Crippen LogP contribution in [0.1, 0.15) is 18.4 Å². The molecular weight excluding hydrogens is 249 g/mol. The summed E-state index contributed by atoms with van der Waals surface area (Å²) >= 11 is 3.18. The van der Waals surface area contributed by atoms with Gasteiger partial charge >= 0.3 is 0 Å². The summed E-state index contributed by atoms with van der Waals surface area (Å²) in [6, 6.07) is 4.83. The summed E-state index contributed by atoms with van der Waals surface area (Å²) in [7, 11) is 0. The summed E-state index contributed by atoms with van der Waals surface area (Å²) in [5, 5.41) is 9.18. The fourth-order valence-electron chi connectivity index (χ4n) is 1.89. The first-order chi connectivity index (χ1) is 6.51. The van der Waals surface area contributed by atoms with Crippen molar-refractivity contribution in [2.75, 3.05) is 0 Å². The van der Waals surface area contributed by atoms with E-state index in [4.69, 9.17) is 5.73 Å². The molecule has 0 saturated heterocycles. The molecule has 1 aliphatic carbocycles. The fourth-order valence-corrected chi connectivity index (χ4v) is 2.23. The molecular formula is C10H11BrFNO. The van der Waals surface area contributed by atoms with Crippen molar-refractivity contribution < 1.29 is 9.50 Å². The highest BCUT2D eigenvalue weighted by Gasteiger charge is 2.42. The molecule has 0 aromatic heterocycles. The Morgan fingerprint density at radius 3 is 2.64 bits per heavy atom. The van der Waals surface area contributed by atoms with E-state index in [9.17, 15) is 9.50 Å². The van der Waals surface area contributed by atoms with Crippen LogP contribution in [0.25, 0.3) is 0 Å². The molecule has 3 N–H and O–H groups in total.